The smallest absolute Gasteiger partial charge is 0.254 e. The molecule has 0 aliphatic heterocycles. The van der Waals surface area contributed by atoms with Crippen molar-refractivity contribution in [3.05, 3.63) is 77.2 Å². The lowest BCUT2D eigenvalue weighted by molar-refractivity contribution is -0.116. The molecule has 0 spiro atoms. The Morgan fingerprint density at radius 1 is 1.06 bits per heavy atom. The summed E-state index contributed by atoms with van der Waals surface area (Å²) < 4.78 is 1.58. The van der Waals surface area contributed by atoms with Gasteiger partial charge in [-0.2, -0.15) is 15.0 Å². The molecular weight excluding hydrogens is 454 g/mol. The van der Waals surface area contributed by atoms with Gasteiger partial charge in [-0.25, -0.2) is 9.97 Å². The zero-order chi connectivity index (χ0) is 25.7. The van der Waals surface area contributed by atoms with E-state index in [2.05, 4.69) is 31.8 Å². The van der Waals surface area contributed by atoms with Gasteiger partial charge in [0.2, 0.25) is 0 Å². The minimum Gasteiger partial charge on any atom is -0.382 e. The fraction of sp³-hybridized carbons (Fsp3) is 0.259. The highest BCUT2D eigenvalue weighted by Crippen LogP contribution is 2.22. The minimum absolute atomic E-state index is 0.0889. The van der Waals surface area contributed by atoms with E-state index < -0.39 is 0 Å². The lowest BCUT2D eigenvalue weighted by Gasteiger charge is -2.16. The number of nitriles is 1. The van der Waals surface area contributed by atoms with Crippen molar-refractivity contribution < 1.29 is 9.59 Å². The van der Waals surface area contributed by atoms with E-state index >= 15 is 0 Å². The van der Waals surface area contributed by atoms with Crippen molar-refractivity contribution in [2.45, 2.75) is 39.7 Å². The summed E-state index contributed by atoms with van der Waals surface area (Å²) in [5, 5.41) is 20.5. The van der Waals surface area contributed by atoms with Crippen LogP contribution in [0.1, 0.15) is 47.8 Å². The molecule has 3 aromatic heterocycles. The van der Waals surface area contributed by atoms with Crippen molar-refractivity contribution in [1.29, 1.82) is 5.26 Å². The Balaban J connectivity index is 1.50. The molecule has 4 aromatic rings. The number of rotatable bonds is 9. The van der Waals surface area contributed by atoms with Crippen molar-refractivity contribution in [2.24, 2.45) is 0 Å². The van der Waals surface area contributed by atoms with Crippen molar-refractivity contribution in [1.82, 2.24) is 25.1 Å². The highest BCUT2D eigenvalue weighted by molar-refractivity contribution is 5.99. The number of pyridine rings is 2. The summed E-state index contributed by atoms with van der Waals surface area (Å²) in [5.74, 6) is 0.408. The Hall–Kier alpha value is -4.58. The molecule has 1 aromatic carbocycles. The maximum Gasteiger partial charge on any atom is 0.254 e. The van der Waals surface area contributed by atoms with Gasteiger partial charge in [0.15, 0.2) is 11.5 Å². The summed E-state index contributed by atoms with van der Waals surface area (Å²) in [5.41, 5.74) is 4.16. The fourth-order valence-electron chi connectivity index (χ4n) is 3.85. The number of amides is 1. The number of carbonyl (C=O) groups excluding carboxylic acids is 2. The van der Waals surface area contributed by atoms with Crippen molar-refractivity contribution in [3.8, 4) is 11.9 Å². The van der Waals surface area contributed by atoms with Crippen LogP contribution >= 0.6 is 0 Å². The third kappa shape index (κ3) is 5.73. The van der Waals surface area contributed by atoms with Gasteiger partial charge in [0.1, 0.15) is 11.9 Å². The van der Waals surface area contributed by atoms with Gasteiger partial charge in [-0.15, -0.1) is 0 Å². The number of nitrogens with one attached hydrogen (secondary N) is 2. The van der Waals surface area contributed by atoms with Gasteiger partial charge in [0.05, 0.1) is 23.0 Å². The van der Waals surface area contributed by atoms with E-state index in [4.69, 9.17) is 5.26 Å². The number of aromatic nitrogens is 4. The zero-order valence-electron chi connectivity index (χ0n) is 20.4. The molecule has 0 radical (unpaired) electrons. The van der Waals surface area contributed by atoms with Crippen LogP contribution < -0.4 is 10.6 Å². The van der Waals surface area contributed by atoms with Gasteiger partial charge in [0.25, 0.3) is 5.91 Å². The Kier molecular flexibility index (Phi) is 7.35. The van der Waals surface area contributed by atoms with Gasteiger partial charge in [-0.1, -0.05) is 24.3 Å². The van der Waals surface area contributed by atoms with Crippen LogP contribution in [0, 0.1) is 11.3 Å². The summed E-state index contributed by atoms with van der Waals surface area (Å²) >= 11 is 0. The average molecular weight is 482 g/mol. The van der Waals surface area contributed by atoms with Crippen LogP contribution in [0.15, 0.2) is 55.0 Å². The lowest BCUT2D eigenvalue weighted by Crippen LogP contribution is -2.27. The minimum atomic E-state index is -0.229. The summed E-state index contributed by atoms with van der Waals surface area (Å²) in [4.78, 5) is 33.1. The van der Waals surface area contributed by atoms with Gasteiger partial charge in [-0.05, 0) is 44.4 Å². The molecule has 0 aliphatic carbocycles. The quantitative estimate of drug-likeness (QED) is 0.374. The molecule has 1 amide bonds. The predicted molar refractivity (Wildman–Crippen MR) is 137 cm³/mol. The maximum atomic E-state index is 13.0. The third-order valence-corrected chi connectivity index (χ3v) is 5.51. The first-order valence-electron chi connectivity index (χ1n) is 11.7. The summed E-state index contributed by atoms with van der Waals surface area (Å²) in [6.07, 6.45) is 5.75. The first kappa shape index (κ1) is 24.5. The number of fused-ring (bicyclic) bond motifs is 1. The Labute approximate surface area is 209 Å². The molecular formula is C27H27N7O2. The molecule has 0 fully saturated rings. The number of carbonyl (C=O) groups is 2. The van der Waals surface area contributed by atoms with Crippen LogP contribution in [-0.4, -0.2) is 44.0 Å². The number of ketones is 1. The maximum absolute atomic E-state index is 13.0. The molecule has 0 saturated heterocycles. The van der Waals surface area contributed by atoms with E-state index in [1.807, 2.05) is 38.1 Å². The lowest BCUT2D eigenvalue weighted by atomic mass is 10.1. The van der Waals surface area contributed by atoms with Gasteiger partial charge >= 0.3 is 0 Å². The van der Waals surface area contributed by atoms with E-state index in [-0.39, 0.29) is 17.7 Å². The molecule has 0 atom stereocenters. The summed E-state index contributed by atoms with van der Waals surface area (Å²) in [6.45, 7) is 6.02. The van der Waals surface area contributed by atoms with Gasteiger partial charge in [0, 0.05) is 42.9 Å². The first-order valence-corrected chi connectivity index (χ1v) is 11.7. The molecule has 3 heterocycles. The normalized spacial score (nSPS) is 10.9. The predicted octanol–water partition coefficient (Wildman–Crippen LogP) is 3.61. The molecule has 9 nitrogen and oxygen atoms in total. The fourth-order valence-corrected chi connectivity index (χ4v) is 3.85. The van der Waals surface area contributed by atoms with Gasteiger partial charge in [-0.3, -0.25) is 9.59 Å². The zero-order valence-corrected chi connectivity index (χ0v) is 20.4. The molecule has 0 bridgehead atoms. The second kappa shape index (κ2) is 10.8. The number of benzene rings is 1. The van der Waals surface area contributed by atoms with Crippen molar-refractivity contribution >= 4 is 28.4 Å². The average Bonchev–Trinajstić information content (AvgIpc) is 3.27. The molecule has 0 unspecified atom stereocenters. The molecule has 0 aliphatic rings. The Morgan fingerprint density at radius 2 is 1.81 bits per heavy atom. The summed E-state index contributed by atoms with van der Waals surface area (Å²) in [7, 11) is 0. The molecule has 9 heteroatoms. The van der Waals surface area contributed by atoms with Crippen molar-refractivity contribution in [3.63, 3.8) is 0 Å². The number of hydrogen-bond donors (Lipinski definition) is 2. The second-order valence-corrected chi connectivity index (χ2v) is 8.89. The van der Waals surface area contributed by atoms with Crippen LogP contribution in [0.5, 0.6) is 0 Å². The number of nitrogens with zero attached hydrogens (tertiary/aromatic N) is 5. The van der Waals surface area contributed by atoms with E-state index in [0.29, 0.717) is 47.7 Å². The number of anilines is 1. The largest absolute Gasteiger partial charge is 0.382 e. The topological polar surface area (TPSA) is 126 Å². The number of hydrogen-bond acceptors (Lipinski definition) is 7. The van der Waals surface area contributed by atoms with Gasteiger partial charge < -0.3 is 10.6 Å². The molecule has 36 heavy (non-hydrogen) atoms. The molecule has 4 rings (SSSR count). The first-order chi connectivity index (χ1) is 17.3. The second-order valence-electron chi connectivity index (χ2n) is 8.89. The molecule has 2 N–H and O–H groups in total. The monoisotopic (exact) mass is 481 g/mol. The SMILES string of the molecule is CC(=O)Cc1ccc(CCNC(=O)c2cnc(-n3ncc4cc(C#N)cnc43)cc2NC(C)C)cc1. The van der Waals surface area contributed by atoms with Crippen molar-refractivity contribution in [2.75, 3.05) is 11.9 Å². The van der Waals surface area contributed by atoms with E-state index in [0.717, 1.165) is 16.5 Å². The standard InChI is InChI=1S/C27H27N7O2/c1-17(2)33-24-12-25(34-26-22(15-32-34)11-21(13-28)14-31-26)30-16-23(24)27(36)29-9-8-19-4-6-20(7-5-19)10-18(3)35/h4-7,11-12,14-17H,8-10H2,1-3H3,(H,29,36)(H,30,33). The van der Waals surface area contributed by atoms with Crippen LogP contribution in [-0.2, 0) is 17.6 Å². The van der Waals surface area contributed by atoms with Crippen LogP contribution in [0.4, 0.5) is 5.69 Å². The summed E-state index contributed by atoms with van der Waals surface area (Å²) in [6, 6.07) is 13.5. The van der Waals surface area contributed by atoms with Crippen LogP contribution in [0.2, 0.25) is 0 Å². The van der Waals surface area contributed by atoms with Crippen LogP contribution in [0.25, 0.3) is 16.9 Å². The van der Waals surface area contributed by atoms with E-state index in [1.165, 1.54) is 12.4 Å². The Morgan fingerprint density at radius 3 is 2.50 bits per heavy atom. The highest BCUT2D eigenvalue weighted by Gasteiger charge is 2.16. The molecule has 0 saturated carbocycles. The highest BCUT2D eigenvalue weighted by atomic mass is 16.1. The Bertz CT molecular complexity index is 1450. The third-order valence-electron chi connectivity index (χ3n) is 5.51. The molecule has 182 valence electrons. The number of Topliss-reactive ketones (excluding diaryl/α,β-unsaturated/α-hetero) is 1. The van der Waals surface area contributed by atoms with Crippen LogP contribution in [0.3, 0.4) is 0 Å². The van der Waals surface area contributed by atoms with E-state index in [9.17, 15) is 9.59 Å². The van der Waals surface area contributed by atoms with E-state index in [1.54, 1.807) is 29.9 Å².